The fraction of sp³-hybridized carbons (Fsp3) is 0.368. The molecule has 0 aliphatic carbocycles. The molecule has 4 heteroatoms. The number of hydrogen-bond acceptors (Lipinski definition) is 4. The molecule has 0 radical (unpaired) electrons. The SMILES string of the molecule is CCOC(=O)CC(N)c1cccc(-c2c(C)ccc(C)c2C)n1. The van der Waals surface area contributed by atoms with Crippen molar-refractivity contribution in [3.05, 3.63) is 52.7 Å². The number of hydrogen-bond donors (Lipinski definition) is 1. The summed E-state index contributed by atoms with van der Waals surface area (Å²) >= 11 is 0. The van der Waals surface area contributed by atoms with Crippen molar-refractivity contribution in [2.24, 2.45) is 5.73 Å². The Balaban J connectivity index is 2.34. The molecule has 0 aliphatic rings. The van der Waals surface area contributed by atoms with E-state index < -0.39 is 6.04 Å². The monoisotopic (exact) mass is 312 g/mol. The molecule has 2 rings (SSSR count). The molecule has 1 heterocycles. The molecule has 23 heavy (non-hydrogen) atoms. The number of nitrogens with two attached hydrogens (primary N) is 1. The highest BCUT2D eigenvalue weighted by Gasteiger charge is 2.16. The van der Waals surface area contributed by atoms with E-state index in [-0.39, 0.29) is 12.4 Å². The number of ether oxygens (including phenoxy) is 1. The van der Waals surface area contributed by atoms with Gasteiger partial charge in [0.2, 0.25) is 0 Å². The third kappa shape index (κ3) is 3.96. The lowest BCUT2D eigenvalue weighted by Crippen LogP contribution is -2.18. The summed E-state index contributed by atoms with van der Waals surface area (Å²) in [5, 5.41) is 0. The first-order valence-electron chi connectivity index (χ1n) is 7.89. The Morgan fingerprint density at radius 2 is 1.87 bits per heavy atom. The molecule has 0 spiro atoms. The van der Waals surface area contributed by atoms with E-state index in [9.17, 15) is 4.79 Å². The number of aryl methyl sites for hydroxylation is 2. The highest BCUT2D eigenvalue weighted by molar-refractivity contribution is 5.71. The van der Waals surface area contributed by atoms with E-state index in [1.54, 1.807) is 6.92 Å². The molecule has 1 aromatic carbocycles. The first kappa shape index (κ1) is 17.2. The number of pyridine rings is 1. The van der Waals surface area contributed by atoms with Crippen molar-refractivity contribution in [3.8, 4) is 11.3 Å². The minimum absolute atomic E-state index is 0.135. The Morgan fingerprint density at radius 3 is 2.57 bits per heavy atom. The Hall–Kier alpha value is -2.20. The Bertz CT molecular complexity index is 711. The van der Waals surface area contributed by atoms with Crippen LogP contribution in [0.4, 0.5) is 0 Å². The summed E-state index contributed by atoms with van der Waals surface area (Å²) < 4.78 is 4.96. The Morgan fingerprint density at radius 1 is 1.17 bits per heavy atom. The van der Waals surface area contributed by atoms with E-state index in [4.69, 9.17) is 10.5 Å². The normalized spacial score (nSPS) is 12.0. The third-order valence-electron chi connectivity index (χ3n) is 4.04. The zero-order chi connectivity index (χ0) is 17.0. The molecule has 1 aromatic heterocycles. The molecule has 0 amide bonds. The fourth-order valence-electron chi connectivity index (χ4n) is 2.65. The summed E-state index contributed by atoms with van der Waals surface area (Å²) in [6.45, 7) is 8.42. The lowest BCUT2D eigenvalue weighted by molar-refractivity contribution is -0.143. The van der Waals surface area contributed by atoms with Gasteiger partial charge >= 0.3 is 5.97 Å². The van der Waals surface area contributed by atoms with Gasteiger partial charge < -0.3 is 10.5 Å². The van der Waals surface area contributed by atoms with Gasteiger partial charge in [-0.25, -0.2) is 0 Å². The zero-order valence-electron chi connectivity index (χ0n) is 14.2. The van der Waals surface area contributed by atoms with Crippen LogP contribution in [0.1, 0.15) is 41.8 Å². The highest BCUT2D eigenvalue weighted by Crippen LogP contribution is 2.28. The van der Waals surface area contributed by atoms with Crippen molar-refractivity contribution >= 4 is 5.97 Å². The average Bonchev–Trinajstić information content (AvgIpc) is 2.52. The minimum atomic E-state index is -0.459. The van der Waals surface area contributed by atoms with Crippen LogP contribution in [0.25, 0.3) is 11.3 Å². The van der Waals surface area contributed by atoms with Crippen LogP contribution in [0.3, 0.4) is 0 Å². The summed E-state index contributed by atoms with van der Waals surface area (Å²) in [6, 6.07) is 9.53. The number of carbonyl (C=O) groups is 1. The van der Waals surface area contributed by atoms with Crippen LogP contribution in [0, 0.1) is 20.8 Å². The predicted octanol–water partition coefficient (Wildman–Crippen LogP) is 3.63. The van der Waals surface area contributed by atoms with E-state index >= 15 is 0 Å². The first-order valence-corrected chi connectivity index (χ1v) is 7.89. The van der Waals surface area contributed by atoms with Crippen molar-refractivity contribution < 1.29 is 9.53 Å². The number of benzene rings is 1. The standard InChI is InChI=1S/C19H24N2O2/c1-5-23-18(22)11-15(20)16-7-6-8-17(21-16)19-13(3)10-9-12(2)14(19)4/h6-10,15H,5,11,20H2,1-4H3. The van der Waals surface area contributed by atoms with E-state index in [1.165, 1.54) is 16.7 Å². The van der Waals surface area contributed by atoms with E-state index in [0.717, 1.165) is 11.3 Å². The summed E-state index contributed by atoms with van der Waals surface area (Å²) in [7, 11) is 0. The summed E-state index contributed by atoms with van der Waals surface area (Å²) in [4.78, 5) is 16.3. The molecule has 1 atom stereocenters. The average molecular weight is 312 g/mol. The third-order valence-corrected chi connectivity index (χ3v) is 4.04. The minimum Gasteiger partial charge on any atom is -0.466 e. The van der Waals surface area contributed by atoms with Gasteiger partial charge in [-0.3, -0.25) is 9.78 Å². The lowest BCUT2D eigenvalue weighted by Gasteiger charge is -2.15. The molecule has 4 nitrogen and oxygen atoms in total. The molecule has 0 saturated heterocycles. The Labute approximate surface area is 137 Å². The van der Waals surface area contributed by atoms with Gasteiger partial charge in [0.05, 0.1) is 30.5 Å². The number of esters is 1. The van der Waals surface area contributed by atoms with Gasteiger partial charge in [0, 0.05) is 5.56 Å². The number of nitrogens with zero attached hydrogens (tertiary/aromatic N) is 1. The predicted molar refractivity (Wildman–Crippen MR) is 92.1 cm³/mol. The van der Waals surface area contributed by atoms with Crippen molar-refractivity contribution in [3.63, 3.8) is 0 Å². The van der Waals surface area contributed by atoms with Crippen molar-refractivity contribution in [1.29, 1.82) is 0 Å². The fourth-order valence-corrected chi connectivity index (χ4v) is 2.65. The molecule has 0 saturated carbocycles. The summed E-state index contributed by atoms with van der Waals surface area (Å²) in [6.07, 6.45) is 0.135. The van der Waals surface area contributed by atoms with Crippen LogP contribution >= 0.6 is 0 Å². The smallest absolute Gasteiger partial charge is 0.307 e. The van der Waals surface area contributed by atoms with E-state index in [1.807, 2.05) is 18.2 Å². The molecule has 1 unspecified atom stereocenters. The topological polar surface area (TPSA) is 65.2 Å². The number of rotatable bonds is 5. The molecular weight excluding hydrogens is 288 g/mol. The van der Waals surface area contributed by atoms with Gasteiger partial charge in [0.1, 0.15) is 0 Å². The molecule has 0 bridgehead atoms. The van der Waals surface area contributed by atoms with E-state index in [2.05, 4.69) is 37.9 Å². The Kier molecular flexibility index (Phi) is 5.50. The second-order valence-corrected chi connectivity index (χ2v) is 5.76. The van der Waals surface area contributed by atoms with Crippen LogP contribution in [0.2, 0.25) is 0 Å². The van der Waals surface area contributed by atoms with Gasteiger partial charge in [-0.05, 0) is 56.5 Å². The molecule has 2 aromatic rings. The van der Waals surface area contributed by atoms with Crippen molar-refractivity contribution in [1.82, 2.24) is 4.98 Å². The molecule has 122 valence electrons. The molecule has 0 aliphatic heterocycles. The van der Waals surface area contributed by atoms with Crippen LogP contribution in [0.5, 0.6) is 0 Å². The highest BCUT2D eigenvalue weighted by atomic mass is 16.5. The van der Waals surface area contributed by atoms with Gasteiger partial charge in [0.15, 0.2) is 0 Å². The largest absolute Gasteiger partial charge is 0.466 e. The lowest BCUT2D eigenvalue weighted by atomic mass is 9.95. The second kappa shape index (κ2) is 7.38. The zero-order valence-corrected chi connectivity index (χ0v) is 14.2. The number of aromatic nitrogens is 1. The van der Waals surface area contributed by atoms with Crippen LogP contribution in [-0.2, 0) is 9.53 Å². The molecular formula is C19H24N2O2. The first-order chi connectivity index (χ1) is 10.9. The summed E-state index contributed by atoms with van der Waals surface area (Å²) in [5.74, 6) is -0.296. The van der Waals surface area contributed by atoms with E-state index in [0.29, 0.717) is 12.3 Å². The number of carbonyl (C=O) groups excluding carboxylic acids is 1. The quantitative estimate of drug-likeness (QED) is 0.856. The van der Waals surface area contributed by atoms with Crippen molar-refractivity contribution in [2.75, 3.05) is 6.61 Å². The van der Waals surface area contributed by atoms with Gasteiger partial charge in [-0.1, -0.05) is 18.2 Å². The maximum Gasteiger partial charge on any atom is 0.307 e. The molecule has 0 fully saturated rings. The van der Waals surface area contributed by atoms with Gasteiger partial charge in [-0.15, -0.1) is 0 Å². The van der Waals surface area contributed by atoms with Crippen molar-refractivity contribution in [2.45, 2.75) is 40.2 Å². The maximum atomic E-state index is 11.6. The van der Waals surface area contributed by atoms with Crippen LogP contribution < -0.4 is 5.73 Å². The van der Waals surface area contributed by atoms with Crippen LogP contribution in [0.15, 0.2) is 30.3 Å². The maximum absolute atomic E-state index is 11.6. The second-order valence-electron chi connectivity index (χ2n) is 5.76. The van der Waals surface area contributed by atoms with Gasteiger partial charge in [-0.2, -0.15) is 0 Å². The molecule has 2 N–H and O–H groups in total. The van der Waals surface area contributed by atoms with Crippen LogP contribution in [-0.4, -0.2) is 17.6 Å². The van der Waals surface area contributed by atoms with Gasteiger partial charge in [0.25, 0.3) is 0 Å². The summed E-state index contributed by atoms with van der Waals surface area (Å²) in [5.41, 5.74) is 12.5.